The lowest BCUT2D eigenvalue weighted by molar-refractivity contribution is 0.341. The van der Waals surface area contributed by atoms with Crippen molar-refractivity contribution >= 4 is 9.84 Å². The number of hydrogen-bond donors (Lipinski definition) is 0. The second kappa shape index (κ2) is 7.79. The summed E-state index contributed by atoms with van der Waals surface area (Å²) >= 11 is 0. The highest BCUT2D eigenvalue weighted by Gasteiger charge is 2.20. The van der Waals surface area contributed by atoms with Crippen molar-refractivity contribution in [2.45, 2.75) is 11.8 Å². The van der Waals surface area contributed by atoms with Gasteiger partial charge in [0.05, 0.1) is 17.1 Å². The zero-order valence-corrected chi connectivity index (χ0v) is 16.1. The Bertz CT molecular complexity index is 1170. The zero-order valence-electron chi connectivity index (χ0n) is 15.3. The van der Waals surface area contributed by atoms with Crippen molar-refractivity contribution < 1.29 is 17.5 Å². The second-order valence-electron chi connectivity index (χ2n) is 6.13. The Balaban J connectivity index is 2.40. The van der Waals surface area contributed by atoms with Gasteiger partial charge in [0.2, 0.25) is 0 Å². The minimum Gasteiger partial charge on any atom is -0.493 e. The number of sulfone groups is 1. The lowest BCUT2D eigenvalue weighted by atomic mass is 9.94. The number of aromatic nitrogens is 1. The van der Waals surface area contributed by atoms with Gasteiger partial charge in [-0.2, -0.15) is 5.26 Å². The summed E-state index contributed by atoms with van der Waals surface area (Å²) in [5.41, 5.74) is 2.71. The van der Waals surface area contributed by atoms with Gasteiger partial charge in [-0.1, -0.05) is 12.1 Å². The van der Waals surface area contributed by atoms with Crippen molar-refractivity contribution in [1.82, 2.24) is 4.98 Å². The Morgan fingerprint density at radius 2 is 1.82 bits per heavy atom. The number of rotatable bonds is 5. The number of ether oxygens (including phenoxy) is 1. The molecule has 28 heavy (non-hydrogen) atoms. The fraction of sp³-hybridized carbons (Fsp3) is 0.143. The van der Waals surface area contributed by atoms with Crippen LogP contribution in [0.15, 0.2) is 59.8 Å². The van der Waals surface area contributed by atoms with Crippen molar-refractivity contribution in [3.05, 3.63) is 66.2 Å². The zero-order chi connectivity index (χ0) is 20.3. The van der Waals surface area contributed by atoms with Crippen LogP contribution >= 0.6 is 0 Å². The highest BCUT2D eigenvalue weighted by molar-refractivity contribution is 7.90. The molecule has 3 rings (SSSR count). The van der Waals surface area contributed by atoms with Crippen LogP contribution in [-0.2, 0) is 9.84 Å². The standard InChI is InChI=1S/C21H17FN2O3S/c1-3-27-20-10-18(28(2,25)26)9-19(15-4-6-17(22)7-5-15)21(20)16-8-14(11-23)12-24-13-16/h4-10,12-13H,3H2,1-2H3. The van der Waals surface area contributed by atoms with Crippen molar-refractivity contribution in [2.24, 2.45) is 0 Å². The fourth-order valence-corrected chi connectivity index (χ4v) is 3.52. The predicted octanol–water partition coefficient (Wildman–Crippen LogP) is 4.23. The Kier molecular flexibility index (Phi) is 5.43. The minimum atomic E-state index is -3.52. The molecule has 0 fully saturated rings. The SMILES string of the molecule is CCOc1cc(S(C)(=O)=O)cc(-c2ccc(F)cc2)c1-c1cncc(C#N)c1. The third-order valence-electron chi connectivity index (χ3n) is 4.11. The summed E-state index contributed by atoms with van der Waals surface area (Å²) in [5.74, 6) is -0.0515. The summed E-state index contributed by atoms with van der Waals surface area (Å²) in [6, 6.07) is 12.4. The molecule has 1 heterocycles. The predicted molar refractivity (Wildman–Crippen MR) is 104 cm³/mol. The number of nitriles is 1. The molecule has 0 bridgehead atoms. The molecular formula is C21H17FN2O3S. The molecule has 0 aliphatic rings. The Hall–Kier alpha value is -3.24. The van der Waals surface area contributed by atoms with Gasteiger partial charge in [-0.05, 0) is 48.4 Å². The van der Waals surface area contributed by atoms with Gasteiger partial charge in [-0.3, -0.25) is 4.98 Å². The molecule has 7 heteroatoms. The molecule has 0 unspecified atom stereocenters. The topological polar surface area (TPSA) is 80.1 Å². The average molecular weight is 396 g/mol. The van der Waals surface area contributed by atoms with E-state index in [0.717, 1.165) is 6.26 Å². The smallest absolute Gasteiger partial charge is 0.175 e. The largest absolute Gasteiger partial charge is 0.493 e. The summed E-state index contributed by atoms with van der Waals surface area (Å²) in [6.07, 6.45) is 4.13. The van der Waals surface area contributed by atoms with Crippen LogP contribution in [0.2, 0.25) is 0 Å². The van der Waals surface area contributed by atoms with Gasteiger partial charge in [0, 0.05) is 29.8 Å². The third-order valence-corrected chi connectivity index (χ3v) is 5.21. The maximum Gasteiger partial charge on any atom is 0.175 e. The number of nitrogens with zero attached hydrogens (tertiary/aromatic N) is 2. The van der Waals surface area contributed by atoms with Crippen LogP contribution in [0.4, 0.5) is 4.39 Å². The van der Waals surface area contributed by atoms with Crippen LogP contribution in [0.25, 0.3) is 22.3 Å². The molecule has 3 aromatic rings. The molecule has 0 spiro atoms. The van der Waals surface area contributed by atoms with Crippen molar-refractivity contribution in [1.29, 1.82) is 5.26 Å². The first-order valence-corrected chi connectivity index (χ1v) is 10.3. The van der Waals surface area contributed by atoms with Crippen LogP contribution in [0.1, 0.15) is 12.5 Å². The lowest BCUT2D eigenvalue weighted by Crippen LogP contribution is -2.03. The van der Waals surface area contributed by atoms with Gasteiger partial charge in [0.15, 0.2) is 9.84 Å². The van der Waals surface area contributed by atoms with Crippen molar-refractivity contribution in [3.8, 4) is 34.1 Å². The summed E-state index contributed by atoms with van der Waals surface area (Å²) in [6.45, 7) is 2.10. The van der Waals surface area contributed by atoms with Crippen LogP contribution in [0.3, 0.4) is 0 Å². The molecule has 0 aliphatic carbocycles. The van der Waals surface area contributed by atoms with E-state index < -0.39 is 15.7 Å². The molecule has 5 nitrogen and oxygen atoms in total. The second-order valence-corrected chi connectivity index (χ2v) is 8.15. The normalized spacial score (nSPS) is 11.1. The highest BCUT2D eigenvalue weighted by Crippen LogP contribution is 2.41. The van der Waals surface area contributed by atoms with Gasteiger partial charge in [0.25, 0.3) is 0 Å². The summed E-state index contributed by atoms with van der Waals surface area (Å²) in [4.78, 5) is 4.18. The van der Waals surface area contributed by atoms with Gasteiger partial charge >= 0.3 is 0 Å². The van der Waals surface area contributed by atoms with E-state index in [2.05, 4.69) is 4.98 Å². The molecule has 1 aromatic heterocycles. The van der Waals surface area contributed by atoms with Gasteiger partial charge < -0.3 is 4.74 Å². The van der Waals surface area contributed by atoms with Gasteiger partial charge in [-0.15, -0.1) is 0 Å². The molecule has 0 amide bonds. The third kappa shape index (κ3) is 4.02. The summed E-state index contributed by atoms with van der Waals surface area (Å²) in [5, 5.41) is 9.21. The van der Waals surface area contributed by atoms with Gasteiger partial charge in [0.1, 0.15) is 17.6 Å². The monoisotopic (exact) mass is 396 g/mol. The van der Waals surface area contributed by atoms with Crippen LogP contribution in [-0.4, -0.2) is 26.3 Å². The molecule has 0 N–H and O–H groups in total. The minimum absolute atomic E-state index is 0.0865. The average Bonchev–Trinajstić information content (AvgIpc) is 2.67. The Morgan fingerprint density at radius 3 is 2.43 bits per heavy atom. The van der Waals surface area contributed by atoms with Gasteiger partial charge in [-0.25, -0.2) is 12.8 Å². The summed E-state index contributed by atoms with van der Waals surface area (Å²) in [7, 11) is -3.52. The molecule has 2 aromatic carbocycles. The molecule has 0 atom stereocenters. The molecular weight excluding hydrogens is 379 g/mol. The summed E-state index contributed by atoms with van der Waals surface area (Å²) < 4.78 is 43.6. The quantitative estimate of drug-likeness (QED) is 0.645. The van der Waals surface area contributed by atoms with Crippen molar-refractivity contribution in [3.63, 3.8) is 0 Å². The highest BCUT2D eigenvalue weighted by atomic mass is 32.2. The van der Waals surface area contributed by atoms with E-state index in [9.17, 15) is 18.1 Å². The molecule has 0 saturated carbocycles. The van der Waals surface area contributed by atoms with E-state index >= 15 is 0 Å². The van der Waals surface area contributed by atoms with Crippen LogP contribution < -0.4 is 4.74 Å². The van der Waals surface area contributed by atoms with E-state index in [0.29, 0.717) is 40.2 Å². The number of halogens is 1. The van der Waals surface area contributed by atoms with Crippen molar-refractivity contribution in [2.75, 3.05) is 12.9 Å². The number of hydrogen-bond acceptors (Lipinski definition) is 5. The maximum absolute atomic E-state index is 13.4. The molecule has 0 saturated heterocycles. The lowest BCUT2D eigenvalue weighted by Gasteiger charge is -2.17. The Labute approximate surface area is 163 Å². The molecule has 0 aliphatic heterocycles. The Morgan fingerprint density at radius 1 is 1.11 bits per heavy atom. The number of benzene rings is 2. The molecule has 142 valence electrons. The number of pyridine rings is 1. The van der Waals surface area contributed by atoms with E-state index in [1.165, 1.54) is 30.5 Å². The fourth-order valence-electron chi connectivity index (χ4n) is 2.87. The van der Waals surface area contributed by atoms with E-state index in [1.54, 1.807) is 31.3 Å². The first-order chi connectivity index (χ1) is 13.3. The first kappa shape index (κ1) is 19.5. The van der Waals surface area contributed by atoms with E-state index in [1.807, 2.05) is 6.07 Å². The molecule has 0 radical (unpaired) electrons. The van der Waals surface area contributed by atoms with E-state index in [4.69, 9.17) is 4.74 Å². The van der Waals surface area contributed by atoms with E-state index in [-0.39, 0.29) is 4.90 Å². The van der Waals surface area contributed by atoms with Crippen LogP contribution in [0, 0.1) is 17.1 Å². The first-order valence-electron chi connectivity index (χ1n) is 8.46. The maximum atomic E-state index is 13.4. The van der Waals surface area contributed by atoms with Crippen LogP contribution in [0.5, 0.6) is 5.75 Å².